The summed E-state index contributed by atoms with van der Waals surface area (Å²) in [5.41, 5.74) is 0.441. The third-order valence-corrected chi connectivity index (χ3v) is 2.19. The van der Waals surface area contributed by atoms with Gasteiger partial charge in [0, 0.05) is 13.1 Å². The van der Waals surface area contributed by atoms with Crippen molar-refractivity contribution in [2.24, 2.45) is 11.3 Å². The van der Waals surface area contributed by atoms with E-state index >= 15 is 0 Å². The van der Waals surface area contributed by atoms with Crippen LogP contribution in [0.1, 0.15) is 41.0 Å². The van der Waals surface area contributed by atoms with Gasteiger partial charge in [0.2, 0.25) is 0 Å². The van der Waals surface area contributed by atoms with Crippen molar-refractivity contribution in [2.75, 3.05) is 19.6 Å². The molecule has 0 bridgehead atoms. The molecule has 0 aromatic rings. The third kappa shape index (κ3) is 8.31. The van der Waals surface area contributed by atoms with Gasteiger partial charge in [0.05, 0.1) is 0 Å². The zero-order chi connectivity index (χ0) is 11.2. The third-order valence-electron chi connectivity index (χ3n) is 2.19. The molecule has 0 aliphatic heterocycles. The maximum Gasteiger partial charge on any atom is 0.0160 e. The van der Waals surface area contributed by atoms with Gasteiger partial charge in [-0.25, -0.2) is 0 Å². The Morgan fingerprint density at radius 1 is 1.29 bits per heavy atom. The van der Waals surface area contributed by atoms with Crippen LogP contribution >= 0.6 is 0 Å². The summed E-state index contributed by atoms with van der Waals surface area (Å²) in [7, 11) is 0. The molecule has 0 aromatic carbocycles. The summed E-state index contributed by atoms with van der Waals surface area (Å²) in [6.45, 7) is 18.6. The van der Waals surface area contributed by atoms with E-state index in [1.54, 1.807) is 0 Å². The Labute approximate surface area is 90.2 Å². The van der Waals surface area contributed by atoms with Gasteiger partial charge in [0.15, 0.2) is 0 Å². The topological polar surface area (TPSA) is 3.24 Å². The van der Waals surface area contributed by atoms with Crippen LogP contribution < -0.4 is 0 Å². The molecule has 0 unspecified atom stereocenters. The van der Waals surface area contributed by atoms with E-state index in [2.05, 4.69) is 46.1 Å². The monoisotopic (exact) mass is 197 g/mol. The Kier molecular flexibility index (Phi) is 6.10. The van der Waals surface area contributed by atoms with Crippen LogP contribution in [0.3, 0.4) is 0 Å². The molecule has 0 saturated carbocycles. The van der Waals surface area contributed by atoms with Crippen molar-refractivity contribution in [3.05, 3.63) is 12.7 Å². The van der Waals surface area contributed by atoms with E-state index < -0.39 is 0 Å². The van der Waals surface area contributed by atoms with Gasteiger partial charge in [0.25, 0.3) is 0 Å². The molecule has 0 amide bonds. The molecule has 0 heterocycles. The second-order valence-corrected chi connectivity index (χ2v) is 5.75. The van der Waals surface area contributed by atoms with E-state index in [1.807, 2.05) is 6.08 Å². The molecule has 0 spiro atoms. The van der Waals surface area contributed by atoms with Crippen LogP contribution in [-0.4, -0.2) is 24.5 Å². The lowest BCUT2D eigenvalue weighted by atomic mass is 9.92. The highest BCUT2D eigenvalue weighted by Gasteiger charge is 2.13. The minimum Gasteiger partial charge on any atom is -0.299 e. The Hall–Kier alpha value is -0.300. The van der Waals surface area contributed by atoms with Gasteiger partial charge in [-0.15, -0.1) is 6.58 Å². The van der Waals surface area contributed by atoms with E-state index in [1.165, 1.54) is 19.5 Å². The second-order valence-electron chi connectivity index (χ2n) is 5.75. The first-order chi connectivity index (χ1) is 6.35. The fourth-order valence-electron chi connectivity index (χ4n) is 1.45. The van der Waals surface area contributed by atoms with Crippen LogP contribution in [0.2, 0.25) is 0 Å². The standard InChI is InChI=1S/C13H27N/c1-7-9-14(11-12(2)3)10-8-13(4,5)6/h7,12H,1,8-11H2,2-6H3. The second kappa shape index (κ2) is 6.23. The van der Waals surface area contributed by atoms with Gasteiger partial charge in [-0.3, -0.25) is 4.90 Å². The molecular formula is C13H27N. The Morgan fingerprint density at radius 3 is 2.21 bits per heavy atom. The Bertz CT molecular complexity index is 153. The molecule has 0 atom stereocenters. The molecule has 0 aromatic heterocycles. The maximum absolute atomic E-state index is 3.81. The summed E-state index contributed by atoms with van der Waals surface area (Å²) in [6, 6.07) is 0. The fraction of sp³-hybridized carbons (Fsp3) is 0.846. The first kappa shape index (κ1) is 13.7. The number of rotatable bonds is 6. The quantitative estimate of drug-likeness (QED) is 0.588. The van der Waals surface area contributed by atoms with E-state index in [4.69, 9.17) is 0 Å². The SMILES string of the molecule is C=CCN(CCC(C)(C)C)CC(C)C. The van der Waals surface area contributed by atoms with Crippen LogP contribution in [0.5, 0.6) is 0 Å². The van der Waals surface area contributed by atoms with Crippen LogP contribution in [0.15, 0.2) is 12.7 Å². The lowest BCUT2D eigenvalue weighted by Gasteiger charge is -2.27. The lowest BCUT2D eigenvalue weighted by Crippen LogP contribution is -2.31. The predicted octanol–water partition coefficient (Wildman–Crippen LogP) is 3.57. The molecule has 0 rings (SSSR count). The molecule has 0 N–H and O–H groups in total. The van der Waals surface area contributed by atoms with Crippen LogP contribution in [-0.2, 0) is 0 Å². The van der Waals surface area contributed by atoms with E-state index in [0.717, 1.165) is 12.5 Å². The highest BCUT2D eigenvalue weighted by Crippen LogP contribution is 2.19. The van der Waals surface area contributed by atoms with Gasteiger partial charge in [-0.1, -0.05) is 40.7 Å². The van der Waals surface area contributed by atoms with Crippen molar-refractivity contribution in [1.29, 1.82) is 0 Å². The zero-order valence-corrected chi connectivity index (χ0v) is 10.6. The number of hydrogen-bond donors (Lipinski definition) is 0. The highest BCUT2D eigenvalue weighted by molar-refractivity contribution is 4.75. The first-order valence-electron chi connectivity index (χ1n) is 5.68. The average Bonchev–Trinajstić information content (AvgIpc) is 1.98. The summed E-state index contributed by atoms with van der Waals surface area (Å²) < 4.78 is 0. The smallest absolute Gasteiger partial charge is 0.0160 e. The summed E-state index contributed by atoms with van der Waals surface area (Å²) >= 11 is 0. The molecule has 0 aliphatic rings. The van der Waals surface area contributed by atoms with Crippen molar-refractivity contribution in [2.45, 2.75) is 41.0 Å². The van der Waals surface area contributed by atoms with Gasteiger partial charge in [-0.2, -0.15) is 0 Å². The van der Waals surface area contributed by atoms with Crippen molar-refractivity contribution in [1.82, 2.24) is 4.90 Å². The van der Waals surface area contributed by atoms with E-state index in [0.29, 0.717) is 5.41 Å². The molecule has 1 heteroatoms. The van der Waals surface area contributed by atoms with Gasteiger partial charge < -0.3 is 0 Å². The minimum absolute atomic E-state index is 0.441. The molecule has 1 nitrogen and oxygen atoms in total. The van der Waals surface area contributed by atoms with Gasteiger partial charge in [-0.05, 0) is 24.3 Å². The first-order valence-corrected chi connectivity index (χ1v) is 5.68. The van der Waals surface area contributed by atoms with Crippen molar-refractivity contribution in [3.63, 3.8) is 0 Å². The van der Waals surface area contributed by atoms with Crippen LogP contribution in [0, 0.1) is 11.3 Å². The molecule has 0 aliphatic carbocycles. The Balaban J connectivity index is 3.90. The van der Waals surface area contributed by atoms with Crippen molar-refractivity contribution >= 4 is 0 Å². The zero-order valence-electron chi connectivity index (χ0n) is 10.6. The fourth-order valence-corrected chi connectivity index (χ4v) is 1.45. The Morgan fingerprint density at radius 2 is 1.86 bits per heavy atom. The van der Waals surface area contributed by atoms with Crippen LogP contribution in [0.25, 0.3) is 0 Å². The normalized spacial score (nSPS) is 12.5. The maximum atomic E-state index is 3.81. The minimum atomic E-state index is 0.441. The number of hydrogen-bond acceptors (Lipinski definition) is 1. The lowest BCUT2D eigenvalue weighted by molar-refractivity contribution is 0.225. The van der Waals surface area contributed by atoms with Crippen molar-refractivity contribution in [3.8, 4) is 0 Å². The molecule has 84 valence electrons. The average molecular weight is 197 g/mol. The van der Waals surface area contributed by atoms with Crippen molar-refractivity contribution < 1.29 is 0 Å². The number of nitrogens with zero attached hydrogens (tertiary/aromatic N) is 1. The summed E-state index contributed by atoms with van der Waals surface area (Å²) in [5, 5.41) is 0. The molecular weight excluding hydrogens is 170 g/mol. The molecule has 14 heavy (non-hydrogen) atoms. The highest BCUT2D eigenvalue weighted by atomic mass is 15.1. The van der Waals surface area contributed by atoms with Gasteiger partial charge >= 0.3 is 0 Å². The van der Waals surface area contributed by atoms with E-state index in [9.17, 15) is 0 Å². The predicted molar refractivity (Wildman–Crippen MR) is 65.5 cm³/mol. The summed E-state index contributed by atoms with van der Waals surface area (Å²) in [4.78, 5) is 2.49. The van der Waals surface area contributed by atoms with Crippen LogP contribution in [0.4, 0.5) is 0 Å². The largest absolute Gasteiger partial charge is 0.299 e. The summed E-state index contributed by atoms with van der Waals surface area (Å²) in [6.07, 6.45) is 3.26. The molecule has 0 fully saturated rings. The molecule has 0 radical (unpaired) electrons. The molecule has 0 saturated heterocycles. The van der Waals surface area contributed by atoms with Gasteiger partial charge in [0.1, 0.15) is 0 Å². The van der Waals surface area contributed by atoms with E-state index in [-0.39, 0.29) is 0 Å². The summed E-state index contributed by atoms with van der Waals surface area (Å²) in [5.74, 6) is 0.745.